The number of benzene rings is 2. The van der Waals surface area contributed by atoms with Crippen LogP contribution in [0, 0.1) is 0 Å². The molecule has 16 nitrogen and oxygen atoms in total. The van der Waals surface area contributed by atoms with E-state index >= 15 is 0 Å². The second-order valence-electron chi connectivity index (χ2n) is 12.2. The number of rotatable bonds is 11. The van der Waals surface area contributed by atoms with E-state index in [-0.39, 0.29) is 33.8 Å². The van der Waals surface area contributed by atoms with Crippen molar-refractivity contribution in [3.05, 3.63) is 82.1 Å². The van der Waals surface area contributed by atoms with Crippen molar-refractivity contribution in [2.24, 2.45) is 12.2 Å². The highest BCUT2D eigenvalue weighted by molar-refractivity contribution is 8.00. The number of allylic oxidation sites excluding steroid dienone is 1. The van der Waals surface area contributed by atoms with Gasteiger partial charge in [0.05, 0.1) is 12.4 Å². The molecular formula is C33H32N7O9S2+. The van der Waals surface area contributed by atoms with Crippen LogP contribution in [0.5, 0.6) is 11.5 Å². The Kier molecular flexibility index (Phi) is 9.22. The molecule has 2 aromatic carbocycles. The zero-order chi connectivity index (χ0) is 36.8. The van der Waals surface area contributed by atoms with Crippen molar-refractivity contribution >= 4 is 74.7 Å². The molecule has 0 bridgehead atoms. The molecule has 2 atom stereocenters. The molecule has 0 radical (unpaired) electrons. The van der Waals surface area contributed by atoms with E-state index in [1.54, 1.807) is 12.2 Å². The highest BCUT2D eigenvalue weighted by Crippen LogP contribution is 2.41. The normalized spacial score (nSPS) is 17.8. The monoisotopic (exact) mass is 734 g/mol. The minimum absolute atomic E-state index is 0.0114. The van der Waals surface area contributed by atoms with E-state index in [4.69, 9.17) is 10.6 Å². The van der Waals surface area contributed by atoms with Crippen LogP contribution in [0.1, 0.15) is 30.7 Å². The number of carbonyl (C=O) groups excluding carboxylic acids is 2. The van der Waals surface area contributed by atoms with Crippen molar-refractivity contribution in [3.63, 3.8) is 0 Å². The predicted octanol–water partition coefficient (Wildman–Crippen LogP) is 2.00. The fourth-order valence-corrected chi connectivity index (χ4v) is 7.27. The van der Waals surface area contributed by atoms with Crippen LogP contribution in [0.15, 0.2) is 70.5 Å². The Hall–Kier alpha value is -5.88. The average Bonchev–Trinajstić information content (AvgIpc) is 3.64. The van der Waals surface area contributed by atoms with Crippen LogP contribution in [0.3, 0.4) is 0 Å². The molecule has 4 aromatic rings. The van der Waals surface area contributed by atoms with Crippen molar-refractivity contribution in [2.75, 3.05) is 11.5 Å². The molecule has 2 aliphatic heterocycles. The number of carboxylic acids is 2. The number of hydrogen-bond acceptors (Lipinski definition) is 12. The Morgan fingerprint density at radius 3 is 2.51 bits per heavy atom. The number of anilines is 1. The number of amides is 2. The van der Waals surface area contributed by atoms with E-state index in [0.29, 0.717) is 12.1 Å². The lowest BCUT2D eigenvalue weighted by Crippen LogP contribution is -2.71. The number of phenolic OH excluding ortho intramolecular Hbond substituents is 2. The van der Waals surface area contributed by atoms with Crippen molar-refractivity contribution in [3.8, 4) is 11.5 Å². The molecule has 0 unspecified atom stereocenters. The first-order valence-electron chi connectivity index (χ1n) is 15.3. The molecule has 18 heteroatoms. The van der Waals surface area contributed by atoms with Crippen molar-refractivity contribution in [2.45, 2.75) is 37.4 Å². The SMILES string of the molecule is Cn1c2cc(O)c(O)cc2c[n+]1Cc1ccc(/C=C/C2=C(C(=O)O)N3C(=O)[C@@H](NC(=O)/C(=N\OC(C)(C)C(=O)O)c4csc(N)n4)[C@H]3SC2)cc1. The lowest BCUT2D eigenvalue weighted by atomic mass is 10.0. The largest absolute Gasteiger partial charge is 0.504 e. The molecule has 4 heterocycles. The first kappa shape index (κ1) is 35.0. The van der Waals surface area contributed by atoms with Crippen molar-refractivity contribution in [1.29, 1.82) is 0 Å². The Bertz CT molecular complexity index is 2190. The van der Waals surface area contributed by atoms with Crippen LogP contribution in [-0.2, 0) is 37.6 Å². The molecule has 264 valence electrons. The van der Waals surface area contributed by atoms with E-state index in [1.165, 1.54) is 43.1 Å². The fraction of sp³-hybridized carbons (Fsp3) is 0.242. The fourth-order valence-electron chi connectivity index (χ4n) is 5.40. The van der Waals surface area contributed by atoms with Gasteiger partial charge in [-0.2, -0.15) is 4.68 Å². The minimum atomic E-state index is -1.78. The zero-order valence-corrected chi connectivity index (χ0v) is 28.9. The minimum Gasteiger partial charge on any atom is -0.504 e. The van der Waals surface area contributed by atoms with Crippen LogP contribution in [0.25, 0.3) is 17.0 Å². The molecule has 0 spiro atoms. The number of phenols is 2. The number of thioether (sulfide) groups is 1. The zero-order valence-electron chi connectivity index (χ0n) is 27.3. The van der Waals surface area contributed by atoms with Gasteiger partial charge in [-0.3, -0.25) is 14.5 Å². The second kappa shape index (κ2) is 13.4. The number of hydrogen-bond donors (Lipinski definition) is 6. The van der Waals surface area contributed by atoms with Gasteiger partial charge < -0.3 is 36.3 Å². The summed E-state index contributed by atoms with van der Waals surface area (Å²) in [5.74, 6) is -4.32. The van der Waals surface area contributed by atoms with E-state index in [1.807, 2.05) is 46.9 Å². The maximum absolute atomic E-state index is 13.3. The Balaban J connectivity index is 1.15. The van der Waals surface area contributed by atoms with Gasteiger partial charge in [-0.25, -0.2) is 14.6 Å². The number of oxime groups is 1. The molecule has 2 aromatic heterocycles. The number of aliphatic carboxylic acids is 2. The molecule has 0 aliphatic carbocycles. The number of aromatic nitrogens is 3. The molecule has 7 N–H and O–H groups in total. The molecule has 1 saturated heterocycles. The third kappa shape index (κ3) is 6.82. The summed E-state index contributed by atoms with van der Waals surface area (Å²) in [6.07, 6.45) is 5.27. The predicted molar refractivity (Wildman–Crippen MR) is 187 cm³/mol. The summed E-state index contributed by atoms with van der Waals surface area (Å²) < 4.78 is 3.80. The number of fused-ring (bicyclic) bond motifs is 2. The number of β-lactam (4-membered cyclic amide) rings is 1. The van der Waals surface area contributed by atoms with E-state index in [2.05, 4.69) is 15.5 Å². The van der Waals surface area contributed by atoms with Gasteiger partial charge in [-0.15, -0.1) is 27.8 Å². The number of nitrogen functional groups attached to an aromatic ring is 1. The van der Waals surface area contributed by atoms with Gasteiger partial charge in [-0.1, -0.05) is 41.6 Å². The summed E-state index contributed by atoms with van der Waals surface area (Å²) in [6, 6.07) is 9.51. The van der Waals surface area contributed by atoms with E-state index in [9.17, 15) is 39.6 Å². The summed E-state index contributed by atoms with van der Waals surface area (Å²) in [7, 11) is 1.85. The molecule has 0 saturated carbocycles. The Labute approximate surface area is 297 Å². The molecule has 51 heavy (non-hydrogen) atoms. The molecule has 2 aliphatic rings. The number of nitrogens with zero attached hydrogens (tertiary/aromatic N) is 5. The molecule has 6 rings (SSSR count). The highest BCUT2D eigenvalue weighted by atomic mass is 32.2. The number of thiazole rings is 1. The third-order valence-corrected chi connectivity index (χ3v) is 10.3. The maximum atomic E-state index is 13.3. The summed E-state index contributed by atoms with van der Waals surface area (Å²) in [5.41, 5.74) is 6.28. The second-order valence-corrected chi connectivity index (χ2v) is 14.2. The first-order chi connectivity index (χ1) is 24.1. The number of aromatic hydroxyl groups is 2. The van der Waals surface area contributed by atoms with Gasteiger partial charge in [-0.05, 0) is 31.1 Å². The summed E-state index contributed by atoms with van der Waals surface area (Å²) in [6.45, 7) is 2.99. The summed E-state index contributed by atoms with van der Waals surface area (Å²) in [4.78, 5) is 60.8. The lowest BCUT2D eigenvalue weighted by molar-refractivity contribution is -0.763. The topological polar surface area (TPSA) is 234 Å². The third-order valence-electron chi connectivity index (χ3n) is 8.29. The summed E-state index contributed by atoms with van der Waals surface area (Å²) >= 11 is 2.29. The molecule has 1 fully saturated rings. The number of carbonyl (C=O) groups is 4. The average molecular weight is 735 g/mol. The maximum Gasteiger partial charge on any atom is 0.352 e. The van der Waals surface area contributed by atoms with Gasteiger partial charge >= 0.3 is 11.9 Å². The van der Waals surface area contributed by atoms with Crippen LogP contribution >= 0.6 is 23.1 Å². The van der Waals surface area contributed by atoms with Gasteiger partial charge in [0.1, 0.15) is 28.3 Å². The lowest BCUT2D eigenvalue weighted by Gasteiger charge is -2.49. The Morgan fingerprint density at radius 1 is 1.16 bits per heavy atom. The van der Waals surface area contributed by atoms with Gasteiger partial charge in [0.15, 0.2) is 28.9 Å². The van der Waals surface area contributed by atoms with Crippen molar-refractivity contribution in [1.82, 2.24) is 19.9 Å². The smallest absolute Gasteiger partial charge is 0.352 e. The van der Waals surface area contributed by atoms with Crippen molar-refractivity contribution < 1.29 is 49.1 Å². The molecular weight excluding hydrogens is 703 g/mol. The van der Waals surface area contributed by atoms with Crippen LogP contribution in [0.4, 0.5) is 5.13 Å². The quantitative estimate of drug-likeness (QED) is 0.0427. The number of aryl methyl sites for hydroxylation is 1. The van der Waals surface area contributed by atoms with E-state index < -0.39 is 46.5 Å². The van der Waals surface area contributed by atoms with E-state index in [0.717, 1.165) is 38.3 Å². The standard InChI is InChI=1S/C33H31N7O9S2/c1-33(2,31(47)48)49-37-24(20-15-51-32(34)35-20)27(43)36-25-28(44)40-26(30(45)46)18(14-50-29(25)40)9-8-16-4-6-17(7-5-16)12-39-13-19-10-22(41)23(42)11-21(19)38(39)3/h4-11,13,15,25,29H,12,14H2,1-3H3,(H6,34,35,36,41,43,45,46,47,48)/p+1/b9-8+,37-24-/t25-,29-/m1/s1. The number of carboxylic acid groups (broad SMARTS) is 2. The van der Waals surface area contributed by atoms with Gasteiger partial charge in [0.25, 0.3) is 11.8 Å². The number of nitrogens with two attached hydrogens (primary N) is 1. The van der Waals surface area contributed by atoms with Gasteiger partial charge in [0.2, 0.25) is 11.8 Å². The molecule has 2 amide bonds. The summed E-state index contributed by atoms with van der Waals surface area (Å²) in [5, 5.41) is 47.1. The van der Waals surface area contributed by atoms with Crippen LogP contribution in [0.2, 0.25) is 0 Å². The number of nitrogens with one attached hydrogen (secondary N) is 1. The first-order valence-corrected chi connectivity index (χ1v) is 17.2. The Morgan fingerprint density at radius 2 is 1.86 bits per heavy atom. The van der Waals surface area contributed by atoms with Crippen LogP contribution < -0.4 is 15.7 Å². The van der Waals surface area contributed by atoms with Crippen LogP contribution in [-0.4, -0.2) is 87.2 Å². The van der Waals surface area contributed by atoms with Gasteiger partial charge in [0, 0.05) is 22.8 Å². The highest BCUT2D eigenvalue weighted by Gasteiger charge is 2.54.